The van der Waals surface area contributed by atoms with Gasteiger partial charge in [0.25, 0.3) is 0 Å². The van der Waals surface area contributed by atoms with E-state index in [4.69, 9.17) is 0 Å². The van der Waals surface area contributed by atoms with Gasteiger partial charge < -0.3 is 5.11 Å². The van der Waals surface area contributed by atoms with Crippen molar-refractivity contribution in [2.75, 3.05) is 5.75 Å². The first kappa shape index (κ1) is 12.2. The highest BCUT2D eigenvalue weighted by molar-refractivity contribution is 8.00. The molecule has 0 spiro atoms. The maximum atomic E-state index is 11.8. The summed E-state index contributed by atoms with van der Waals surface area (Å²) in [5.41, 5.74) is -4.13. The standard InChI is InChI=1S/C9H15F3OS/c10-9(11,12)14-6-5-7-3-1-2-4-8(7)13/h7-8,13H,1-6H2. The van der Waals surface area contributed by atoms with E-state index in [0.29, 0.717) is 6.42 Å². The summed E-state index contributed by atoms with van der Waals surface area (Å²) in [6, 6.07) is 0. The van der Waals surface area contributed by atoms with Crippen molar-refractivity contribution in [3.63, 3.8) is 0 Å². The lowest BCUT2D eigenvalue weighted by atomic mass is 9.85. The molecule has 2 atom stereocenters. The fourth-order valence-electron chi connectivity index (χ4n) is 1.85. The monoisotopic (exact) mass is 228 g/mol. The highest BCUT2D eigenvalue weighted by Crippen LogP contribution is 2.34. The van der Waals surface area contributed by atoms with Gasteiger partial charge in [0.2, 0.25) is 0 Å². The highest BCUT2D eigenvalue weighted by Gasteiger charge is 2.29. The second kappa shape index (κ2) is 5.26. The Balaban J connectivity index is 2.17. The number of thioether (sulfide) groups is 1. The van der Waals surface area contributed by atoms with Crippen LogP contribution >= 0.6 is 11.8 Å². The first-order valence-corrected chi connectivity index (χ1v) is 5.86. The second-order valence-electron chi connectivity index (χ2n) is 3.69. The lowest BCUT2D eigenvalue weighted by Crippen LogP contribution is -2.25. The molecule has 1 rings (SSSR count). The molecule has 5 heteroatoms. The Morgan fingerprint density at radius 2 is 1.86 bits per heavy atom. The van der Waals surface area contributed by atoms with Crippen LogP contribution in [-0.4, -0.2) is 22.5 Å². The first-order chi connectivity index (χ1) is 6.49. The summed E-state index contributed by atoms with van der Waals surface area (Å²) in [7, 11) is 0. The Labute approximate surface area is 86.1 Å². The van der Waals surface area contributed by atoms with E-state index < -0.39 is 5.51 Å². The van der Waals surface area contributed by atoms with Gasteiger partial charge in [0.1, 0.15) is 0 Å². The lowest BCUT2D eigenvalue weighted by molar-refractivity contribution is -0.0330. The van der Waals surface area contributed by atoms with E-state index in [1.165, 1.54) is 0 Å². The summed E-state index contributed by atoms with van der Waals surface area (Å²) in [6.45, 7) is 0. The van der Waals surface area contributed by atoms with E-state index in [0.717, 1.165) is 25.7 Å². The number of alkyl halides is 3. The van der Waals surface area contributed by atoms with Crippen LogP contribution in [0.25, 0.3) is 0 Å². The molecule has 0 aromatic carbocycles. The van der Waals surface area contributed by atoms with Crippen LogP contribution in [0.5, 0.6) is 0 Å². The average Bonchev–Trinajstić information content (AvgIpc) is 2.06. The zero-order valence-electron chi connectivity index (χ0n) is 7.89. The van der Waals surface area contributed by atoms with E-state index in [9.17, 15) is 18.3 Å². The normalized spacial score (nSPS) is 29.1. The first-order valence-electron chi connectivity index (χ1n) is 4.88. The molecular formula is C9H15F3OS. The molecule has 0 aliphatic heterocycles. The molecule has 84 valence electrons. The van der Waals surface area contributed by atoms with Gasteiger partial charge in [0.15, 0.2) is 0 Å². The van der Waals surface area contributed by atoms with Gasteiger partial charge in [-0.25, -0.2) is 0 Å². The Kier molecular flexibility index (Phi) is 4.57. The predicted octanol–water partition coefficient (Wildman–Crippen LogP) is 3.18. The maximum Gasteiger partial charge on any atom is 0.441 e. The topological polar surface area (TPSA) is 20.2 Å². The van der Waals surface area contributed by atoms with Gasteiger partial charge in [-0.2, -0.15) is 13.2 Å². The largest absolute Gasteiger partial charge is 0.441 e. The zero-order chi connectivity index (χ0) is 10.6. The summed E-state index contributed by atoms with van der Waals surface area (Å²) in [4.78, 5) is 0. The van der Waals surface area contributed by atoms with Crippen molar-refractivity contribution < 1.29 is 18.3 Å². The van der Waals surface area contributed by atoms with E-state index in [2.05, 4.69) is 0 Å². The van der Waals surface area contributed by atoms with Gasteiger partial charge in [-0.3, -0.25) is 0 Å². The molecule has 0 bridgehead atoms. The molecule has 1 nitrogen and oxygen atoms in total. The molecule has 0 amide bonds. The van der Waals surface area contributed by atoms with Crippen LogP contribution in [0.15, 0.2) is 0 Å². The summed E-state index contributed by atoms with van der Waals surface area (Å²) in [5, 5.41) is 9.51. The van der Waals surface area contributed by atoms with E-state index in [1.807, 2.05) is 0 Å². The summed E-state index contributed by atoms with van der Waals surface area (Å²) < 4.78 is 35.4. The fraction of sp³-hybridized carbons (Fsp3) is 1.00. The Morgan fingerprint density at radius 1 is 1.21 bits per heavy atom. The van der Waals surface area contributed by atoms with Crippen LogP contribution in [0.3, 0.4) is 0 Å². The number of aliphatic hydroxyl groups excluding tert-OH is 1. The van der Waals surface area contributed by atoms with Gasteiger partial charge in [-0.05, 0) is 25.2 Å². The molecule has 1 fully saturated rings. The molecular weight excluding hydrogens is 213 g/mol. The van der Waals surface area contributed by atoms with Gasteiger partial charge in [0, 0.05) is 5.75 Å². The fourth-order valence-corrected chi connectivity index (χ4v) is 2.50. The van der Waals surface area contributed by atoms with E-state index in [-0.39, 0.29) is 29.5 Å². The van der Waals surface area contributed by atoms with Crippen LogP contribution < -0.4 is 0 Å². The Bertz CT molecular complexity index is 172. The third-order valence-electron chi connectivity index (χ3n) is 2.62. The minimum absolute atomic E-state index is 0.0181. The zero-order valence-corrected chi connectivity index (χ0v) is 8.70. The highest BCUT2D eigenvalue weighted by atomic mass is 32.2. The molecule has 0 radical (unpaired) electrons. The van der Waals surface area contributed by atoms with Crippen molar-refractivity contribution in [3.05, 3.63) is 0 Å². The van der Waals surface area contributed by atoms with Gasteiger partial charge in [0.05, 0.1) is 6.10 Å². The SMILES string of the molecule is OC1CCCCC1CCSC(F)(F)F. The van der Waals surface area contributed by atoms with Crippen LogP contribution in [-0.2, 0) is 0 Å². The molecule has 2 unspecified atom stereocenters. The Hall–Kier alpha value is 0.100. The van der Waals surface area contributed by atoms with Crippen molar-refractivity contribution >= 4 is 11.8 Å². The molecule has 0 aromatic rings. The third kappa shape index (κ3) is 4.55. The third-order valence-corrected chi connectivity index (χ3v) is 3.39. The van der Waals surface area contributed by atoms with Crippen molar-refractivity contribution in [1.29, 1.82) is 0 Å². The lowest BCUT2D eigenvalue weighted by Gasteiger charge is -2.27. The summed E-state index contributed by atoms with van der Waals surface area (Å²) in [5.74, 6) is 0.157. The number of aliphatic hydroxyl groups is 1. The predicted molar refractivity (Wildman–Crippen MR) is 51.1 cm³/mol. The van der Waals surface area contributed by atoms with Crippen molar-refractivity contribution in [3.8, 4) is 0 Å². The minimum atomic E-state index is -4.13. The van der Waals surface area contributed by atoms with E-state index in [1.54, 1.807) is 0 Å². The number of rotatable bonds is 3. The quantitative estimate of drug-likeness (QED) is 0.800. The van der Waals surface area contributed by atoms with Crippen LogP contribution in [0.4, 0.5) is 13.2 Å². The van der Waals surface area contributed by atoms with Gasteiger partial charge in [-0.1, -0.05) is 24.6 Å². The molecule has 1 saturated carbocycles. The molecule has 14 heavy (non-hydrogen) atoms. The number of hydrogen-bond acceptors (Lipinski definition) is 2. The van der Waals surface area contributed by atoms with Crippen LogP contribution in [0.1, 0.15) is 32.1 Å². The molecule has 0 aromatic heterocycles. The molecule has 0 heterocycles. The number of halogens is 3. The Morgan fingerprint density at radius 3 is 2.43 bits per heavy atom. The summed E-state index contributed by atoms with van der Waals surface area (Å²) >= 11 is 0.0181. The molecule has 0 saturated heterocycles. The molecule has 1 aliphatic carbocycles. The second-order valence-corrected chi connectivity index (χ2v) is 4.85. The van der Waals surface area contributed by atoms with Crippen molar-refractivity contribution in [2.45, 2.75) is 43.7 Å². The average molecular weight is 228 g/mol. The summed E-state index contributed by atoms with van der Waals surface area (Å²) in [6.07, 6.45) is 3.77. The minimum Gasteiger partial charge on any atom is -0.393 e. The molecule has 1 N–H and O–H groups in total. The van der Waals surface area contributed by atoms with Gasteiger partial charge >= 0.3 is 5.51 Å². The van der Waals surface area contributed by atoms with Crippen LogP contribution in [0.2, 0.25) is 0 Å². The molecule has 1 aliphatic rings. The van der Waals surface area contributed by atoms with E-state index >= 15 is 0 Å². The van der Waals surface area contributed by atoms with Gasteiger partial charge in [-0.15, -0.1) is 0 Å². The van der Waals surface area contributed by atoms with Crippen molar-refractivity contribution in [2.24, 2.45) is 5.92 Å². The maximum absolute atomic E-state index is 11.8. The van der Waals surface area contributed by atoms with Crippen molar-refractivity contribution in [1.82, 2.24) is 0 Å². The van der Waals surface area contributed by atoms with Crippen LogP contribution in [0, 0.1) is 5.92 Å². The smallest absolute Gasteiger partial charge is 0.393 e. The number of hydrogen-bond donors (Lipinski definition) is 1.